The first-order valence-electron chi connectivity index (χ1n) is 6.75. The monoisotopic (exact) mass is 282 g/mol. The SMILES string of the molecule is CCCC(N)c1cn(C(C)C(=O)NC(=O)NCC)nn1. The van der Waals surface area contributed by atoms with Gasteiger partial charge in [0.05, 0.1) is 17.9 Å². The minimum atomic E-state index is -0.632. The largest absolute Gasteiger partial charge is 0.338 e. The number of carbonyl (C=O) groups excluding carboxylic acids is 2. The third-order valence-electron chi connectivity index (χ3n) is 2.86. The number of rotatable bonds is 6. The van der Waals surface area contributed by atoms with E-state index in [0.29, 0.717) is 12.2 Å². The quantitative estimate of drug-likeness (QED) is 0.702. The summed E-state index contributed by atoms with van der Waals surface area (Å²) < 4.78 is 1.40. The Balaban J connectivity index is 2.65. The Kier molecular flexibility index (Phi) is 6.10. The molecule has 8 heteroatoms. The van der Waals surface area contributed by atoms with Crippen molar-refractivity contribution in [1.29, 1.82) is 0 Å². The topological polar surface area (TPSA) is 115 Å². The molecular formula is C12H22N6O2. The molecule has 0 aliphatic carbocycles. The predicted octanol–water partition coefficient (Wildman–Crippen LogP) is 0.485. The number of aromatic nitrogens is 3. The number of imide groups is 1. The van der Waals surface area contributed by atoms with Crippen molar-refractivity contribution < 1.29 is 9.59 Å². The lowest BCUT2D eigenvalue weighted by atomic mass is 10.1. The molecule has 1 rings (SSSR count). The number of nitrogens with zero attached hydrogens (tertiary/aromatic N) is 3. The molecule has 0 saturated carbocycles. The summed E-state index contributed by atoms with van der Waals surface area (Å²) in [6.45, 7) is 5.89. The maximum Gasteiger partial charge on any atom is 0.321 e. The van der Waals surface area contributed by atoms with Gasteiger partial charge in [0.25, 0.3) is 5.91 Å². The lowest BCUT2D eigenvalue weighted by Gasteiger charge is -2.11. The Morgan fingerprint density at radius 2 is 2.15 bits per heavy atom. The molecule has 112 valence electrons. The van der Waals surface area contributed by atoms with E-state index in [1.54, 1.807) is 20.0 Å². The zero-order chi connectivity index (χ0) is 15.1. The van der Waals surface area contributed by atoms with E-state index in [-0.39, 0.29) is 6.04 Å². The molecule has 0 radical (unpaired) electrons. The van der Waals surface area contributed by atoms with Gasteiger partial charge < -0.3 is 11.1 Å². The van der Waals surface area contributed by atoms with Gasteiger partial charge in [0.2, 0.25) is 0 Å². The van der Waals surface area contributed by atoms with Gasteiger partial charge in [0.1, 0.15) is 6.04 Å². The molecule has 0 aromatic carbocycles. The highest BCUT2D eigenvalue weighted by atomic mass is 16.2. The fourth-order valence-electron chi connectivity index (χ4n) is 1.65. The van der Waals surface area contributed by atoms with Gasteiger partial charge >= 0.3 is 6.03 Å². The molecule has 0 aliphatic rings. The first kappa shape index (κ1) is 16.1. The van der Waals surface area contributed by atoms with E-state index >= 15 is 0 Å². The van der Waals surface area contributed by atoms with Crippen molar-refractivity contribution in [3.8, 4) is 0 Å². The maximum atomic E-state index is 11.8. The lowest BCUT2D eigenvalue weighted by molar-refractivity contribution is -0.123. The van der Waals surface area contributed by atoms with Gasteiger partial charge in [0.15, 0.2) is 0 Å². The molecule has 2 atom stereocenters. The van der Waals surface area contributed by atoms with Crippen LogP contribution in [0.4, 0.5) is 4.79 Å². The molecule has 1 heterocycles. The second-order valence-electron chi connectivity index (χ2n) is 4.54. The Labute approximate surface area is 118 Å². The average molecular weight is 282 g/mol. The zero-order valence-electron chi connectivity index (χ0n) is 12.1. The fourth-order valence-corrected chi connectivity index (χ4v) is 1.65. The van der Waals surface area contributed by atoms with Crippen LogP contribution in [-0.4, -0.2) is 33.5 Å². The molecule has 4 N–H and O–H groups in total. The van der Waals surface area contributed by atoms with E-state index in [9.17, 15) is 9.59 Å². The van der Waals surface area contributed by atoms with Crippen molar-refractivity contribution in [1.82, 2.24) is 25.6 Å². The second-order valence-corrected chi connectivity index (χ2v) is 4.54. The van der Waals surface area contributed by atoms with E-state index in [2.05, 4.69) is 20.9 Å². The van der Waals surface area contributed by atoms with E-state index in [1.807, 2.05) is 6.92 Å². The van der Waals surface area contributed by atoms with E-state index < -0.39 is 18.0 Å². The van der Waals surface area contributed by atoms with Gasteiger partial charge in [-0.15, -0.1) is 5.10 Å². The predicted molar refractivity (Wildman–Crippen MR) is 73.8 cm³/mol. The van der Waals surface area contributed by atoms with E-state index in [4.69, 9.17) is 5.73 Å². The van der Waals surface area contributed by atoms with Crippen LogP contribution in [0.1, 0.15) is 51.4 Å². The third-order valence-corrected chi connectivity index (χ3v) is 2.86. The third kappa shape index (κ3) is 4.30. The van der Waals surface area contributed by atoms with Crippen LogP contribution < -0.4 is 16.4 Å². The smallest absolute Gasteiger partial charge is 0.321 e. The summed E-state index contributed by atoms with van der Waals surface area (Å²) in [5, 5.41) is 12.6. The van der Waals surface area contributed by atoms with Crippen LogP contribution in [0, 0.1) is 0 Å². The van der Waals surface area contributed by atoms with Crippen LogP contribution >= 0.6 is 0 Å². The van der Waals surface area contributed by atoms with Crippen molar-refractivity contribution in [3.63, 3.8) is 0 Å². The number of hydrogen-bond acceptors (Lipinski definition) is 5. The molecule has 1 aromatic rings. The van der Waals surface area contributed by atoms with Crippen LogP contribution in [0.5, 0.6) is 0 Å². The molecule has 1 aromatic heterocycles. The Hall–Kier alpha value is -1.96. The molecule has 20 heavy (non-hydrogen) atoms. The van der Waals surface area contributed by atoms with Crippen molar-refractivity contribution in [2.75, 3.05) is 6.54 Å². The molecule has 8 nitrogen and oxygen atoms in total. The van der Waals surface area contributed by atoms with Crippen molar-refractivity contribution in [3.05, 3.63) is 11.9 Å². The zero-order valence-corrected chi connectivity index (χ0v) is 12.1. The second kappa shape index (κ2) is 7.59. The molecular weight excluding hydrogens is 260 g/mol. The average Bonchev–Trinajstić information content (AvgIpc) is 2.87. The van der Waals surface area contributed by atoms with Crippen LogP contribution in [0.2, 0.25) is 0 Å². The van der Waals surface area contributed by atoms with Gasteiger partial charge in [-0.2, -0.15) is 0 Å². The molecule has 2 unspecified atom stereocenters. The number of amides is 3. The number of nitrogens with one attached hydrogen (secondary N) is 2. The molecule has 0 fully saturated rings. The van der Waals surface area contributed by atoms with Crippen LogP contribution in [-0.2, 0) is 4.79 Å². The summed E-state index contributed by atoms with van der Waals surface area (Å²) in [6, 6.07) is -1.34. The highest BCUT2D eigenvalue weighted by molar-refractivity contribution is 5.95. The van der Waals surface area contributed by atoms with Gasteiger partial charge in [-0.1, -0.05) is 18.6 Å². The normalized spacial score (nSPS) is 13.6. The van der Waals surface area contributed by atoms with Crippen molar-refractivity contribution in [2.24, 2.45) is 5.73 Å². The minimum absolute atomic E-state index is 0.188. The molecule has 0 bridgehead atoms. The summed E-state index contributed by atoms with van der Waals surface area (Å²) in [7, 11) is 0. The van der Waals surface area contributed by atoms with Crippen molar-refractivity contribution >= 4 is 11.9 Å². The summed E-state index contributed by atoms with van der Waals surface area (Å²) in [5.74, 6) is -0.448. The summed E-state index contributed by atoms with van der Waals surface area (Å²) >= 11 is 0. The Morgan fingerprint density at radius 3 is 2.75 bits per heavy atom. The molecule has 3 amide bonds. The lowest BCUT2D eigenvalue weighted by Crippen LogP contribution is -2.42. The Bertz CT molecular complexity index is 459. The summed E-state index contributed by atoms with van der Waals surface area (Å²) in [6.07, 6.45) is 3.39. The van der Waals surface area contributed by atoms with Gasteiger partial charge in [-0.05, 0) is 20.3 Å². The number of urea groups is 1. The maximum absolute atomic E-state index is 11.8. The van der Waals surface area contributed by atoms with Crippen LogP contribution in [0.15, 0.2) is 6.20 Å². The Morgan fingerprint density at radius 1 is 1.45 bits per heavy atom. The highest BCUT2D eigenvalue weighted by Crippen LogP contribution is 2.14. The number of hydrogen-bond donors (Lipinski definition) is 3. The summed E-state index contributed by atoms with van der Waals surface area (Å²) in [4.78, 5) is 23.1. The van der Waals surface area contributed by atoms with E-state index in [0.717, 1.165) is 12.8 Å². The number of nitrogens with two attached hydrogens (primary N) is 1. The first-order chi connectivity index (χ1) is 9.49. The van der Waals surface area contributed by atoms with Gasteiger partial charge in [-0.3, -0.25) is 10.1 Å². The van der Waals surface area contributed by atoms with Crippen LogP contribution in [0.25, 0.3) is 0 Å². The van der Waals surface area contributed by atoms with E-state index in [1.165, 1.54) is 4.68 Å². The fraction of sp³-hybridized carbons (Fsp3) is 0.667. The van der Waals surface area contributed by atoms with Crippen molar-refractivity contribution in [2.45, 2.75) is 45.7 Å². The molecule has 0 saturated heterocycles. The highest BCUT2D eigenvalue weighted by Gasteiger charge is 2.20. The number of carbonyl (C=O) groups is 2. The van der Waals surface area contributed by atoms with Gasteiger partial charge in [0, 0.05) is 6.54 Å². The van der Waals surface area contributed by atoms with Gasteiger partial charge in [-0.25, -0.2) is 9.48 Å². The first-order valence-corrected chi connectivity index (χ1v) is 6.75. The minimum Gasteiger partial charge on any atom is -0.338 e. The van der Waals surface area contributed by atoms with Crippen LogP contribution in [0.3, 0.4) is 0 Å². The molecule has 0 spiro atoms. The standard InChI is InChI=1S/C12H22N6O2/c1-4-6-9(13)10-7-18(17-16-10)8(3)11(19)15-12(20)14-5-2/h7-9H,4-6,13H2,1-3H3,(H2,14,15,19,20). The molecule has 0 aliphatic heterocycles. The summed E-state index contributed by atoms with van der Waals surface area (Å²) in [5.41, 5.74) is 6.58.